The summed E-state index contributed by atoms with van der Waals surface area (Å²) < 4.78 is 26.9. The second kappa shape index (κ2) is 10.5. The van der Waals surface area contributed by atoms with Crippen LogP contribution in [0.2, 0.25) is 10.0 Å². The summed E-state index contributed by atoms with van der Waals surface area (Å²) in [5.74, 6) is -4.47. The van der Waals surface area contributed by atoms with Crippen LogP contribution < -0.4 is 5.73 Å². The number of carboxylic acid groups (broad SMARTS) is 1. The molecule has 0 heterocycles. The summed E-state index contributed by atoms with van der Waals surface area (Å²) >= 11 is 12.0. The zero-order valence-electron chi connectivity index (χ0n) is 19.0. The molecule has 0 aliphatic heterocycles. The van der Waals surface area contributed by atoms with Crippen LogP contribution in [0.4, 0.5) is 4.39 Å². The fourth-order valence-electron chi connectivity index (χ4n) is 5.08. The monoisotopic (exact) mass is 503 g/mol. The van der Waals surface area contributed by atoms with Gasteiger partial charge in [0, 0.05) is 11.8 Å². The lowest BCUT2D eigenvalue weighted by atomic mass is 9.87. The van der Waals surface area contributed by atoms with Crippen LogP contribution in [0.3, 0.4) is 0 Å². The number of benzene rings is 1. The molecule has 6 atom stereocenters. The van der Waals surface area contributed by atoms with E-state index in [1.54, 1.807) is 18.2 Å². The minimum absolute atomic E-state index is 0.0225. The Bertz CT molecular complexity index is 886. The van der Waals surface area contributed by atoms with E-state index in [0.717, 1.165) is 25.7 Å². The van der Waals surface area contributed by atoms with E-state index in [1.807, 2.05) is 6.92 Å². The molecule has 1 unspecified atom stereocenters. The molecule has 184 valence electrons. The second-order valence-corrected chi connectivity index (χ2v) is 10.0. The van der Waals surface area contributed by atoms with Crippen molar-refractivity contribution in [3.05, 3.63) is 33.8 Å². The maximum Gasteiger partial charge on any atom is 0.342 e. The number of halogens is 3. The molecule has 2 aliphatic carbocycles. The standard InChI is InChI=1S/C24H32Cl2FNO5/c1-3-5-6-8-15(7-4-2)33-22(31)24(28)19(12-16-20(24)23(16,27)21(29)30)32-13-14-9-10-17(25)18(26)11-14/h9-11,15-16,19-20H,3-8,12-13,28H2,1-2H3,(H,29,30)/t15?,16-,19-,20+,23-,24+/m1/s1. The van der Waals surface area contributed by atoms with E-state index in [1.165, 1.54) is 0 Å². The molecule has 2 aliphatic rings. The summed E-state index contributed by atoms with van der Waals surface area (Å²) in [4.78, 5) is 24.9. The average Bonchev–Trinajstić information content (AvgIpc) is 3.25. The second-order valence-electron chi connectivity index (χ2n) is 9.19. The first-order chi connectivity index (χ1) is 15.6. The molecule has 0 aromatic heterocycles. The maximum absolute atomic E-state index is 15.2. The van der Waals surface area contributed by atoms with Crippen LogP contribution in [-0.4, -0.2) is 40.5 Å². The Kier molecular flexibility index (Phi) is 8.31. The molecular weight excluding hydrogens is 472 g/mol. The summed E-state index contributed by atoms with van der Waals surface area (Å²) in [6.45, 7) is 4.14. The number of aliphatic carboxylic acids is 1. The SMILES string of the molecule is CCCCCC(CCC)OC(=O)[C@@]1(N)[C@H]2[C@@H](C[C@H]1OCc1ccc(Cl)c(Cl)c1)[C@]2(F)C(=O)O. The van der Waals surface area contributed by atoms with Gasteiger partial charge in [-0.05, 0) is 43.4 Å². The number of esters is 1. The maximum atomic E-state index is 15.2. The number of unbranched alkanes of at least 4 members (excludes halogenated alkanes) is 2. The van der Waals surface area contributed by atoms with Crippen molar-refractivity contribution in [1.82, 2.24) is 0 Å². The summed E-state index contributed by atoms with van der Waals surface area (Å²) in [6, 6.07) is 4.99. The molecule has 3 N–H and O–H groups in total. The van der Waals surface area contributed by atoms with Crippen LogP contribution in [0, 0.1) is 11.8 Å². The van der Waals surface area contributed by atoms with Gasteiger partial charge in [-0.3, -0.25) is 0 Å². The van der Waals surface area contributed by atoms with E-state index in [-0.39, 0.29) is 19.1 Å². The van der Waals surface area contributed by atoms with Gasteiger partial charge in [0.1, 0.15) is 11.6 Å². The number of hydrogen-bond acceptors (Lipinski definition) is 5. The van der Waals surface area contributed by atoms with Gasteiger partial charge in [-0.15, -0.1) is 0 Å². The number of nitrogens with two attached hydrogens (primary N) is 1. The first kappa shape index (κ1) is 26.2. The number of fused-ring (bicyclic) bond motifs is 1. The predicted molar refractivity (Wildman–Crippen MR) is 124 cm³/mol. The number of hydrogen-bond donors (Lipinski definition) is 2. The minimum atomic E-state index is -2.54. The topological polar surface area (TPSA) is 98.9 Å². The molecule has 0 saturated heterocycles. The lowest BCUT2D eigenvalue weighted by Gasteiger charge is -2.34. The van der Waals surface area contributed by atoms with Gasteiger partial charge in [-0.2, -0.15) is 0 Å². The van der Waals surface area contributed by atoms with Crippen LogP contribution in [0.5, 0.6) is 0 Å². The van der Waals surface area contributed by atoms with Crippen LogP contribution in [0.1, 0.15) is 64.4 Å². The van der Waals surface area contributed by atoms with Crippen LogP contribution in [-0.2, 0) is 25.7 Å². The highest BCUT2D eigenvalue weighted by molar-refractivity contribution is 6.42. The summed E-state index contributed by atoms with van der Waals surface area (Å²) in [5.41, 5.74) is 2.79. The van der Waals surface area contributed by atoms with Gasteiger partial charge in [0.25, 0.3) is 0 Å². The van der Waals surface area contributed by atoms with Gasteiger partial charge in [-0.1, -0.05) is 62.4 Å². The molecule has 0 spiro atoms. The molecule has 1 aromatic carbocycles. The van der Waals surface area contributed by atoms with Crippen LogP contribution in [0.25, 0.3) is 0 Å². The van der Waals surface area contributed by atoms with Crippen molar-refractivity contribution in [2.24, 2.45) is 17.6 Å². The van der Waals surface area contributed by atoms with E-state index in [9.17, 15) is 14.7 Å². The number of carboxylic acids is 1. The molecule has 1 aromatic rings. The Morgan fingerprint density at radius 2 is 1.94 bits per heavy atom. The smallest absolute Gasteiger partial charge is 0.342 e. The molecule has 9 heteroatoms. The number of alkyl halides is 1. The van der Waals surface area contributed by atoms with E-state index in [2.05, 4.69) is 6.92 Å². The fraction of sp³-hybridized carbons (Fsp3) is 0.667. The molecule has 0 bridgehead atoms. The highest BCUT2D eigenvalue weighted by atomic mass is 35.5. The molecule has 3 rings (SSSR count). The quantitative estimate of drug-likeness (QED) is 0.296. The highest BCUT2D eigenvalue weighted by Gasteiger charge is 2.85. The summed E-state index contributed by atoms with van der Waals surface area (Å²) in [6.07, 6.45) is 3.90. The van der Waals surface area contributed by atoms with Gasteiger partial charge in [0.2, 0.25) is 5.67 Å². The number of rotatable bonds is 12. The number of carbonyl (C=O) groups is 2. The third kappa shape index (κ3) is 5.02. The van der Waals surface area contributed by atoms with Crippen molar-refractivity contribution in [1.29, 1.82) is 0 Å². The minimum Gasteiger partial charge on any atom is -0.479 e. The first-order valence-electron chi connectivity index (χ1n) is 11.6. The van der Waals surface area contributed by atoms with E-state index in [4.69, 9.17) is 38.4 Å². The molecule has 0 amide bonds. The summed E-state index contributed by atoms with van der Waals surface area (Å²) in [7, 11) is 0. The Hall–Kier alpha value is -1.41. The average molecular weight is 504 g/mol. The van der Waals surface area contributed by atoms with Gasteiger partial charge in [0.15, 0.2) is 0 Å². The highest BCUT2D eigenvalue weighted by Crippen LogP contribution is 2.67. The summed E-state index contributed by atoms with van der Waals surface area (Å²) in [5, 5.41) is 10.2. The van der Waals surface area contributed by atoms with Gasteiger partial charge in [0.05, 0.1) is 22.8 Å². The van der Waals surface area contributed by atoms with Gasteiger partial charge >= 0.3 is 11.9 Å². The Labute approximate surface area is 203 Å². The van der Waals surface area contributed by atoms with Gasteiger partial charge < -0.3 is 20.3 Å². The Balaban J connectivity index is 1.78. The molecule has 6 nitrogen and oxygen atoms in total. The van der Waals surface area contributed by atoms with Crippen molar-refractivity contribution in [2.75, 3.05) is 0 Å². The van der Waals surface area contributed by atoms with Crippen molar-refractivity contribution >= 4 is 35.1 Å². The van der Waals surface area contributed by atoms with E-state index < -0.39 is 41.1 Å². The van der Waals surface area contributed by atoms with Crippen molar-refractivity contribution in [3.8, 4) is 0 Å². The Morgan fingerprint density at radius 3 is 2.55 bits per heavy atom. The zero-order chi connectivity index (χ0) is 24.4. The molecule has 2 saturated carbocycles. The van der Waals surface area contributed by atoms with Crippen molar-refractivity contribution in [2.45, 2.75) is 88.8 Å². The van der Waals surface area contributed by atoms with Crippen LogP contribution in [0.15, 0.2) is 18.2 Å². The molecule has 33 heavy (non-hydrogen) atoms. The lowest BCUT2D eigenvalue weighted by Crippen LogP contribution is -2.61. The first-order valence-corrected chi connectivity index (χ1v) is 12.3. The lowest BCUT2D eigenvalue weighted by molar-refractivity contribution is -0.167. The van der Waals surface area contributed by atoms with Crippen LogP contribution >= 0.6 is 23.2 Å². The zero-order valence-corrected chi connectivity index (χ0v) is 20.5. The van der Waals surface area contributed by atoms with Gasteiger partial charge in [-0.25, -0.2) is 14.0 Å². The van der Waals surface area contributed by atoms with E-state index in [0.29, 0.717) is 28.5 Å². The Morgan fingerprint density at radius 1 is 1.21 bits per heavy atom. The number of carbonyl (C=O) groups excluding carboxylic acids is 1. The molecular formula is C24H32Cl2FNO5. The fourth-order valence-corrected chi connectivity index (χ4v) is 5.40. The van der Waals surface area contributed by atoms with Crippen molar-refractivity contribution < 1.29 is 28.6 Å². The third-order valence-electron chi connectivity index (χ3n) is 6.93. The number of ether oxygens (including phenoxy) is 2. The third-order valence-corrected chi connectivity index (χ3v) is 7.67. The predicted octanol–water partition coefficient (Wildman–Crippen LogP) is 5.31. The molecule has 0 radical (unpaired) electrons. The van der Waals surface area contributed by atoms with Crippen molar-refractivity contribution in [3.63, 3.8) is 0 Å². The normalized spacial score (nSPS) is 31.2. The molecule has 2 fully saturated rings. The largest absolute Gasteiger partial charge is 0.479 e. The van der Waals surface area contributed by atoms with E-state index >= 15 is 4.39 Å².